The predicted octanol–water partition coefficient (Wildman–Crippen LogP) is 1.51. The van der Waals surface area contributed by atoms with Crippen molar-refractivity contribution >= 4 is 30.7 Å². The van der Waals surface area contributed by atoms with E-state index >= 15 is 0 Å². The summed E-state index contributed by atoms with van der Waals surface area (Å²) in [5.41, 5.74) is -0.152. The maximum atomic E-state index is 12.0. The highest BCUT2D eigenvalue weighted by atomic mass is 35.5. The summed E-state index contributed by atoms with van der Waals surface area (Å²) in [6.45, 7) is 8.78. The number of hydrogen-bond donors (Lipinski definition) is 2. The zero-order chi connectivity index (χ0) is 16.2. The fraction of sp³-hybridized carbons (Fsp3) is 0.800. The molecule has 140 valence electrons. The molecule has 1 amide bonds. The Kier molecular flexibility index (Phi) is 9.80. The van der Waals surface area contributed by atoms with Crippen LogP contribution < -0.4 is 10.6 Å². The summed E-state index contributed by atoms with van der Waals surface area (Å²) < 4.78 is 5.17. The van der Waals surface area contributed by atoms with E-state index in [4.69, 9.17) is 4.52 Å². The smallest absolute Gasteiger partial charge is 0.246 e. The van der Waals surface area contributed by atoms with Gasteiger partial charge in [0.2, 0.25) is 11.8 Å². The average Bonchev–Trinajstić information content (AvgIpc) is 2.95. The second-order valence-corrected chi connectivity index (χ2v) is 6.93. The van der Waals surface area contributed by atoms with E-state index < -0.39 is 0 Å². The van der Waals surface area contributed by atoms with Crippen LogP contribution in [0.2, 0.25) is 0 Å². The number of nitrogens with one attached hydrogen (secondary N) is 2. The third kappa shape index (κ3) is 6.93. The van der Waals surface area contributed by atoms with Gasteiger partial charge in [-0.2, -0.15) is 4.98 Å². The van der Waals surface area contributed by atoms with Gasteiger partial charge in [0.05, 0.1) is 13.1 Å². The third-order valence-corrected chi connectivity index (χ3v) is 3.90. The van der Waals surface area contributed by atoms with Gasteiger partial charge < -0.3 is 15.2 Å². The molecule has 0 unspecified atom stereocenters. The molecule has 24 heavy (non-hydrogen) atoms. The van der Waals surface area contributed by atoms with Crippen LogP contribution in [-0.2, 0) is 16.8 Å². The Morgan fingerprint density at radius 1 is 1.33 bits per heavy atom. The van der Waals surface area contributed by atoms with Gasteiger partial charge in [0.15, 0.2) is 5.82 Å². The monoisotopic (exact) mass is 381 g/mol. The number of amides is 1. The van der Waals surface area contributed by atoms with Crippen molar-refractivity contribution in [2.24, 2.45) is 0 Å². The normalized spacial score (nSPS) is 15.5. The molecule has 1 aliphatic heterocycles. The molecule has 0 saturated carbocycles. The second-order valence-electron chi connectivity index (χ2n) is 6.93. The second kappa shape index (κ2) is 10.2. The van der Waals surface area contributed by atoms with Crippen molar-refractivity contribution in [3.63, 3.8) is 0 Å². The van der Waals surface area contributed by atoms with Gasteiger partial charge in [-0.05, 0) is 33.0 Å². The SMILES string of the molecule is CN(CC(=O)NCc1nc(C(C)(C)C)no1)C1CCNCC1.Cl.Cl. The molecule has 2 rings (SSSR count). The molecule has 1 saturated heterocycles. The van der Waals surface area contributed by atoms with Crippen molar-refractivity contribution in [3.8, 4) is 0 Å². The molecular formula is C15H29Cl2N5O2. The van der Waals surface area contributed by atoms with E-state index in [1.807, 2.05) is 27.8 Å². The molecular weight excluding hydrogens is 353 g/mol. The molecule has 0 radical (unpaired) electrons. The number of likely N-dealkylation sites (N-methyl/N-ethyl adjacent to an activating group) is 1. The van der Waals surface area contributed by atoms with Gasteiger partial charge in [0.25, 0.3) is 0 Å². The number of piperidine rings is 1. The first kappa shape index (κ1) is 23.1. The average molecular weight is 382 g/mol. The van der Waals surface area contributed by atoms with Gasteiger partial charge in [-0.1, -0.05) is 25.9 Å². The molecule has 0 atom stereocenters. The van der Waals surface area contributed by atoms with Crippen LogP contribution >= 0.6 is 24.8 Å². The van der Waals surface area contributed by atoms with Crippen LogP contribution in [0.4, 0.5) is 0 Å². The van der Waals surface area contributed by atoms with Crippen molar-refractivity contribution in [1.29, 1.82) is 0 Å². The van der Waals surface area contributed by atoms with Gasteiger partial charge in [-0.25, -0.2) is 0 Å². The maximum absolute atomic E-state index is 12.0. The van der Waals surface area contributed by atoms with E-state index in [1.165, 1.54) is 0 Å². The Morgan fingerprint density at radius 2 is 1.96 bits per heavy atom. The summed E-state index contributed by atoms with van der Waals surface area (Å²) >= 11 is 0. The van der Waals surface area contributed by atoms with E-state index in [2.05, 4.69) is 25.7 Å². The Morgan fingerprint density at radius 3 is 2.50 bits per heavy atom. The Balaban J connectivity index is 0.00000264. The van der Waals surface area contributed by atoms with Gasteiger partial charge in [-0.15, -0.1) is 24.8 Å². The lowest BCUT2D eigenvalue weighted by Gasteiger charge is -2.30. The molecule has 1 aromatic heterocycles. The maximum Gasteiger partial charge on any atom is 0.246 e. The molecule has 0 aromatic carbocycles. The largest absolute Gasteiger partial charge is 0.346 e. The van der Waals surface area contributed by atoms with Crippen LogP contribution in [0.1, 0.15) is 45.3 Å². The van der Waals surface area contributed by atoms with E-state index in [0.717, 1.165) is 25.9 Å². The lowest BCUT2D eigenvalue weighted by Crippen LogP contribution is -2.45. The third-order valence-electron chi connectivity index (χ3n) is 3.90. The van der Waals surface area contributed by atoms with Crippen LogP contribution in [0.3, 0.4) is 0 Å². The highest BCUT2D eigenvalue weighted by Crippen LogP contribution is 2.18. The summed E-state index contributed by atoms with van der Waals surface area (Å²) in [5, 5.41) is 10.1. The highest BCUT2D eigenvalue weighted by Gasteiger charge is 2.22. The first-order valence-corrected chi connectivity index (χ1v) is 7.87. The van der Waals surface area contributed by atoms with Crippen molar-refractivity contribution in [3.05, 3.63) is 11.7 Å². The Hall–Kier alpha value is -0.890. The highest BCUT2D eigenvalue weighted by molar-refractivity contribution is 5.85. The molecule has 9 heteroatoms. The van der Waals surface area contributed by atoms with E-state index in [-0.39, 0.29) is 42.7 Å². The molecule has 0 bridgehead atoms. The van der Waals surface area contributed by atoms with Crippen LogP contribution in [0.15, 0.2) is 4.52 Å². The molecule has 7 nitrogen and oxygen atoms in total. The summed E-state index contributed by atoms with van der Waals surface area (Å²) in [6, 6.07) is 0.475. The van der Waals surface area contributed by atoms with Gasteiger partial charge in [0.1, 0.15) is 0 Å². The fourth-order valence-electron chi connectivity index (χ4n) is 2.46. The first-order chi connectivity index (χ1) is 10.4. The molecule has 0 aliphatic carbocycles. The standard InChI is InChI=1S/C15H27N5O2.2ClH/c1-15(2,3)14-18-13(22-19-14)9-17-12(21)10-20(4)11-5-7-16-8-6-11;;/h11,16H,5-10H2,1-4H3,(H,17,21);2*1H. The van der Waals surface area contributed by atoms with E-state index in [1.54, 1.807) is 0 Å². The topological polar surface area (TPSA) is 83.3 Å². The first-order valence-electron chi connectivity index (χ1n) is 7.87. The van der Waals surface area contributed by atoms with Gasteiger partial charge in [-0.3, -0.25) is 9.69 Å². The summed E-state index contributed by atoms with van der Waals surface area (Å²) in [5.74, 6) is 1.09. The molecule has 0 spiro atoms. The van der Waals surface area contributed by atoms with E-state index in [9.17, 15) is 4.79 Å². The lowest BCUT2D eigenvalue weighted by molar-refractivity contribution is -0.122. The predicted molar refractivity (Wildman–Crippen MR) is 97.9 cm³/mol. The van der Waals surface area contributed by atoms with Crippen molar-refractivity contribution in [2.45, 2.75) is 51.6 Å². The van der Waals surface area contributed by atoms with Crippen LogP contribution in [0.25, 0.3) is 0 Å². The zero-order valence-corrected chi connectivity index (χ0v) is 16.4. The molecule has 1 aromatic rings. The molecule has 2 N–H and O–H groups in total. The Bertz CT molecular complexity index is 498. The minimum atomic E-state index is -0.152. The fourth-order valence-corrected chi connectivity index (χ4v) is 2.46. The quantitative estimate of drug-likeness (QED) is 0.803. The summed E-state index contributed by atoms with van der Waals surface area (Å²) in [6.07, 6.45) is 2.17. The minimum Gasteiger partial charge on any atom is -0.346 e. The van der Waals surface area contributed by atoms with Crippen molar-refractivity contribution in [1.82, 2.24) is 25.7 Å². The number of aromatic nitrogens is 2. The van der Waals surface area contributed by atoms with Gasteiger partial charge >= 0.3 is 0 Å². The van der Waals surface area contributed by atoms with Crippen molar-refractivity contribution < 1.29 is 9.32 Å². The minimum absolute atomic E-state index is 0. The summed E-state index contributed by atoms with van der Waals surface area (Å²) in [4.78, 5) is 18.4. The van der Waals surface area contributed by atoms with Crippen LogP contribution in [0.5, 0.6) is 0 Å². The number of carbonyl (C=O) groups is 1. The molecule has 1 aliphatic rings. The van der Waals surface area contributed by atoms with Crippen LogP contribution in [0, 0.1) is 0 Å². The number of rotatable bonds is 5. The van der Waals surface area contributed by atoms with Gasteiger partial charge in [0, 0.05) is 11.5 Å². The number of carbonyl (C=O) groups excluding carboxylic acids is 1. The van der Waals surface area contributed by atoms with E-state index in [0.29, 0.717) is 24.3 Å². The molecule has 2 heterocycles. The summed E-state index contributed by atoms with van der Waals surface area (Å²) in [7, 11) is 2.00. The van der Waals surface area contributed by atoms with Crippen molar-refractivity contribution in [2.75, 3.05) is 26.7 Å². The number of halogens is 2. The zero-order valence-electron chi connectivity index (χ0n) is 14.8. The number of nitrogens with zero attached hydrogens (tertiary/aromatic N) is 3. The molecule has 1 fully saturated rings. The number of hydrogen-bond acceptors (Lipinski definition) is 6. The Labute approximate surface area is 156 Å². The lowest BCUT2D eigenvalue weighted by atomic mass is 9.96. The van der Waals surface area contributed by atoms with Crippen LogP contribution in [-0.4, -0.2) is 53.7 Å².